The predicted molar refractivity (Wildman–Crippen MR) is 84.0 cm³/mol. The molecule has 2 amide bonds. The van der Waals surface area contributed by atoms with Crippen molar-refractivity contribution in [3.05, 3.63) is 23.8 Å². The van der Waals surface area contributed by atoms with Crippen molar-refractivity contribution >= 4 is 23.5 Å². The number of ether oxygens (including phenoxy) is 1. The Balaban J connectivity index is 2.77. The van der Waals surface area contributed by atoms with E-state index >= 15 is 0 Å². The molecule has 0 bridgehead atoms. The summed E-state index contributed by atoms with van der Waals surface area (Å²) in [4.78, 5) is 33.9. The first-order chi connectivity index (χ1) is 10.8. The molecule has 1 unspecified atom stereocenters. The number of amides is 2. The van der Waals surface area contributed by atoms with Crippen molar-refractivity contribution in [1.29, 1.82) is 0 Å². The van der Waals surface area contributed by atoms with Crippen LogP contribution in [-0.2, 0) is 9.59 Å². The normalized spacial score (nSPS) is 11.5. The second kappa shape index (κ2) is 8.62. The Morgan fingerprint density at radius 3 is 2.57 bits per heavy atom. The zero-order chi connectivity index (χ0) is 17.4. The summed E-state index contributed by atoms with van der Waals surface area (Å²) >= 11 is 0. The molecule has 6 N–H and O–H groups in total. The van der Waals surface area contributed by atoms with Gasteiger partial charge in [-0.1, -0.05) is 6.92 Å². The van der Waals surface area contributed by atoms with Gasteiger partial charge in [-0.15, -0.1) is 0 Å². The highest BCUT2D eigenvalue weighted by molar-refractivity contribution is 5.97. The summed E-state index contributed by atoms with van der Waals surface area (Å²) in [5.74, 6) is -2.01. The van der Waals surface area contributed by atoms with Crippen LogP contribution in [0.5, 0.6) is 5.75 Å². The minimum Gasteiger partial charge on any atom is -0.491 e. The highest BCUT2D eigenvalue weighted by Crippen LogP contribution is 2.22. The van der Waals surface area contributed by atoms with Gasteiger partial charge in [0.2, 0.25) is 5.91 Å². The van der Waals surface area contributed by atoms with E-state index in [1.54, 1.807) is 6.07 Å². The lowest BCUT2D eigenvalue weighted by Gasteiger charge is -2.14. The van der Waals surface area contributed by atoms with Gasteiger partial charge in [0, 0.05) is 12.0 Å². The summed E-state index contributed by atoms with van der Waals surface area (Å²) < 4.78 is 5.40. The third-order valence-electron chi connectivity index (χ3n) is 3.02. The minimum absolute atomic E-state index is 0.0798. The average Bonchev–Trinajstić information content (AvgIpc) is 2.49. The largest absolute Gasteiger partial charge is 0.491 e. The summed E-state index contributed by atoms with van der Waals surface area (Å²) in [5, 5.41) is 11.4. The number of anilines is 1. The third-order valence-corrected chi connectivity index (χ3v) is 3.02. The Hall–Kier alpha value is -2.77. The fraction of sp³-hybridized carbons (Fsp3) is 0.400. The van der Waals surface area contributed by atoms with E-state index in [0.717, 1.165) is 6.42 Å². The minimum atomic E-state index is -1.24. The van der Waals surface area contributed by atoms with Crippen LogP contribution in [-0.4, -0.2) is 35.5 Å². The topological polar surface area (TPSA) is 145 Å². The van der Waals surface area contributed by atoms with E-state index in [-0.39, 0.29) is 24.1 Å². The van der Waals surface area contributed by atoms with E-state index in [0.29, 0.717) is 12.4 Å². The molecule has 0 fully saturated rings. The molecule has 0 aromatic heterocycles. The van der Waals surface area contributed by atoms with Crippen LogP contribution < -0.4 is 21.5 Å². The van der Waals surface area contributed by atoms with E-state index in [9.17, 15) is 14.4 Å². The van der Waals surface area contributed by atoms with Crippen LogP contribution in [0.4, 0.5) is 5.69 Å². The zero-order valence-electron chi connectivity index (χ0n) is 12.9. The number of carbonyl (C=O) groups is 3. The maximum absolute atomic E-state index is 12.1. The molecule has 1 rings (SSSR count). The molecule has 1 atom stereocenters. The van der Waals surface area contributed by atoms with Crippen LogP contribution >= 0.6 is 0 Å². The second-order valence-corrected chi connectivity index (χ2v) is 4.97. The lowest BCUT2D eigenvalue weighted by atomic mass is 10.1. The lowest BCUT2D eigenvalue weighted by Crippen LogP contribution is -2.41. The maximum atomic E-state index is 12.1. The SMILES string of the molecule is CCCOc1ccc(C(=O)NC(CCC(N)=O)C(=O)O)cc1N. The Labute approximate surface area is 133 Å². The monoisotopic (exact) mass is 323 g/mol. The molecule has 0 heterocycles. The first-order valence-electron chi connectivity index (χ1n) is 7.19. The molecule has 0 saturated heterocycles. The van der Waals surface area contributed by atoms with E-state index in [1.165, 1.54) is 12.1 Å². The molecule has 0 aliphatic rings. The van der Waals surface area contributed by atoms with Crippen LogP contribution in [0.2, 0.25) is 0 Å². The third kappa shape index (κ3) is 5.85. The van der Waals surface area contributed by atoms with Crippen LogP contribution in [0.3, 0.4) is 0 Å². The first kappa shape index (κ1) is 18.3. The van der Waals surface area contributed by atoms with Gasteiger partial charge < -0.3 is 26.6 Å². The van der Waals surface area contributed by atoms with Gasteiger partial charge in [0.15, 0.2) is 0 Å². The van der Waals surface area contributed by atoms with Gasteiger partial charge in [0.25, 0.3) is 5.91 Å². The molecule has 1 aromatic carbocycles. The van der Waals surface area contributed by atoms with E-state index in [2.05, 4.69) is 5.32 Å². The predicted octanol–water partition coefficient (Wildman–Crippen LogP) is 0.506. The molecule has 8 nitrogen and oxygen atoms in total. The van der Waals surface area contributed by atoms with Crippen molar-refractivity contribution in [2.24, 2.45) is 5.73 Å². The highest BCUT2D eigenvalue weighted by Gasteiger charge is 2.21. The van der Waals surface area contributed by atoms with Gasteiger partial charge >= 0.3 is 5.97 Å². The molecule has 1 aromatic rings. The van der Waals surface area contributed by atoms with Gasteiger partial charge in [-0.2, -0.15) is 0 Å². The van der Waals surface area contributed by atoms with Gasteiger partial charge in [-0.05, 0) is 31.0 Å². The summed E-state index contributed by atoms with van der Waals surface area (Å²) in [6.07, 6.45) is 0.606. The number of carboxylic acid groups (broad SMARTS) is 1. The second-order valence-electron chi connectivity index (χ2n) is 4.97. The standard InChI is InChI=1S/C15H21N3O5/c1-2-7-23-12-5-3-9(8-10(12)16)14(20)18-11(15(21)22)4-6-13(17)19/h3,5,8,11H,2,4,6-7,16H2,1H3,(H2,17,19)(H,18,20)(H,21,22). The number of nitrogen functional groups attached to an aromatic ring is 1. The molecular formula is C15H21N3O5. The van der Waals surface area contributed by atoms with Gasteiger partial charge in [0.1, 0.15) is 11.8 Å². The highest BCUT2D eigenvalue weighted by atomic mass is 16.5. The number of rotatable bonds is 9. The summed E-state index contributed by atoms with van der Waals surface area (Å²) in [6.45, 7) is 2.46. The van der Waals surface area contributed by atoms with E-state index in [1.807, 2.05) is 6.92 Å². The molecule has 0 aliphatic heterocycles. The fourth-order valence-corrected chi connectivity index (χ4v) is 1.82. The Kier molecular flexibility index (Phi) is 6.85. The van der Waals surface area contributed by atoms with E-state index in [4.69, 9.17) is 21.3 Å². The number of hydrogen-bond acceptors (Lipinski definition) is 5. The molecule has 0 aliphatic carbocycles. The molecule has 0 radical (unpaired) electrons. The lowest BCUT2D eigenvalue weighted by molar-refractivity contribution is -0.139. The molecule has 8 heteroatoms. The number of nitrogens with one attached hydrogen (secondary N) is 1. The van der Waals surface area contributed by atoms with Gasteiger partial charge in [-0.3, -0.25) is 9.59 Å². The fourth-order valence-electron chi connectivity index (χ4n) is 1.82. The van der Waals surface area contributed by atoms with Gasteiger partial charge in [-0.25, -0.2) is 4.79 Å². The van der Waals surface area contributed by atoms with Crippen LogP contribution in [0.15, 0.2) is 18.2 Å². The van der Waals surface area contributed by atoms with Crippen molar-refractivity contribution < 1.29 is 24.2 Å². The maximum Gasteiger partial charge on any atom is 0.326 e. The van der Waals surface area contributed by atoms with Crippen LogP contribution in [0.25, 0.3) is 0 Å². The number of hydrogen-bond donors (Lipinski definition) is 4. The molecule has 23 heavy (non-hydrogen) atoms. The molecule has 0 spiro atoms. The number of primary amides is 1. The van der Waals surface area contributed by atoms with Crippen molar-refractivity contribution in [3.63, 3.8) is 0 Å². The zero-order valence-corrected chi connectivity index (χ0v) is 12.9. The summed E-state index contributed by atoms with van der Waals surface area (Å²) in [5.41, 5.74) is 11.3. The Morgan fingerprint density at radius 1 is 1.35 bits per heavy atom. The van der Waals surface area contributed by atoms with Crippen molar-refractivity contribution in [3.8, 4) is 5.75 Å². The number of aliphatic carboxylic acids is 1. The Morgan fingerprint density at radius 2 is 2.04 bits per heavy atom. The van der Waals surface area contributed by atoms with Gasteiger partial charge in [0.05, 0.1) is 12.3 Å². The summed E-state index contributed by atoms with van der Waals surface area (Å²) in [6, 6.07) is 3.25. The van der Waals surface area contributed by atoms with Crippen molar-refractivity contribution in [1.82, 2.24) is 5.32 Å². The number of carbonyl (C=O) groups excluding carboxylic acids is 2. The average molecular weight is 323 g/mol. The van der Waals surface area contributed by atoms with Crippen molar-refractivity contribution in [2.45, 2.75) is 32.2 Å². The van der Waals surface area contributed by atoms with Crippen LogP contribution in [0.1, 0.15) is 36.5 Å². The summed E-state index contributed by atoms with van der Waals surface area (Å²) in [7, 11) is 0. The first-order valence-corrected chi connectivity index (χ1v) is 7.19. The smallest absolute Gasteiger partial charge is 0.326 e. The number of nitrogens with two attached hydrogens (primary N) is 2. The number of benzene rings is 1. The quantitative estimate of drug-likeness (QED) is 0.487. The van der Waals surface area contributed by atoms with Crippen LogP contribution in [0, 0.1) is 0 Å². The van der Waals surface area contributed by atoms with E-state index < -0.39 is 23.8 Å². The molecular weight excluding hydrogens is 302 g/mol. The Bertz CT molecular complexity index is 588. The molecule has 0 saturated carbocycles. The molecule has 126 valence electrons. The number of carboxylic acids is 1. The van der Waals surface area contributed by atoms with Crippen molar-refractivity contribution in [2.75, 3.05) is 12.3 Å².